The zero-order chi connectivity index (χ0) is 28.0. The molecule has 39 heavy (non-hydrogen) atoms. The SMILES string of the molecule is CCCN(CCC)CCNC.Cc1cccc(CN2C(=O)/C(=C/c3ccc(C=O)cc3)Sc3ccccc32)c1. The Morgan fingerprint density at radius 3 is 2.23 bits per heavy atom. The second-order valence-corrected chi connectivity index (χ2v) is 10.8. The minimum atomic E-state index is -0.00956. The summed E-state index contributed by atoms with van der Waals surface area (Å²) >= 11 is 1.49. The van der Waals surface area contributed by atoms with E-state index < -0.39 is 0 Å². The molecule has 1 aliphatic rings. The lowest BCUT2D eigenvalue weighted by molar-refractivity contribution is -0.114. The maximum Gasteiger partial charge on any atom is 0.265 e. The number of aldehydes is 1. The predicted molar refractivity (Wildman–Crippen MR) is 165 cm³/mol. The standard InChI is InChI=1S/C24H19NO2S.C9H22N2/c1-17-5-4-6-20(13-17)15-25-21-7-2-3-8-22(21)28-23(24(25)27)14-18-9-11-19(16-26)12-10-18;1-4-7-11(8-5-2)9-6-10-3/h2-14,16H,15H2,1H3;10H,4-9H2,1-3H3/b23-14-;. The van der Waals surface area contributed by atoms with Crippen LogP contribution in [-0.2, 0) is 11.3 Å². The summed E-state index contributed by atoms with van der Waals surface area (Å²) in [6.45, 7) is 11.9. The molecule has 1 N–H and O–H groups in total. The number of benzene rings is 3. The minimum absolute atomic E-state index is 0.00956. The Hall–Kier alpha value is -3.19. The number of nitrogens with zero attached hydrogens (tertiary/aromatic N) is 2. The lowest BCUT2D eigenvalue weighted by Crippen LogP contribution is -2.33. The van der Waals surface area contributed by atoms with Crippen LogP contribution in [0.5, 0.6) is 0 Å². The molecular formula is C33H41N3O2S. The van der Waals surface area contributed by atoms with Gasteiger partial charge in [0.1, 0.15) is 6.29 Å². The number of amides is 1. The summed E-state index contributed by atoms with van der Waals surface area (Å²) < 4.78 is 0. The van der Waals surface area contributed by atoms with Crippen LogP contribution < -0.4 is 10.2 Å². The Morgan fingerprint density at radius 1 is 0.897 bits per heavy atom. The van der Waals surface area contributed by atoms with Crippen molar-refractivity contribution in [2.75, 3.05) is 38.1 Å². The highest BCUT2D eigenvalue weighted by atomic mass is 32.2. The summed E-state index contributed by atoms with van der Waals surface area (Å²) in [5, 5.41) is 3.17. The van der Waals surface area contributed by atoms with Gasteiger partial charge in [0.2, 0.25) is 0 Å². The van der Waals surface area contributed by atoms with Gasteiger partial charge in [-0.1, -0.05) is 91.8 Å². The molecule has 1 heterocycles. The van der Waals surface area contributed by atoms with Crippen molar-refractivity contribution in [3.8, 4) is 0 Å². The van der Waals surface area contributed by atoms with Gasteiger partial charge in [-0.3, -0.25) is 9.59 Å². The Balaban J connectivity index is 0.000000325. The van der Waals surface area contributed by atoms with Crippen LogP contribution in [0.15, 0.2) is 82.6 Å². The van der Waals surface area contributed by atoms with Gasteiger partial charge in [-0.15, -0.1) is 0 Å². The molecule has 6 heteroatoms. The van der Waals surface area contributed by atoms with Crippen LogP contribution in [0.25, 0.3) is 6.08 Å². The van der Waals surface area contributed by atoms with Crippen molar-refractivity contribution in [1.82, 2.24) is 10.2 Å². The molecule has 0 aliphatic carbocycles. The highest BCUT2D eigenvalue weighted by molar-refractivity contribution is 8.04. The summed E-state index contributed by atoms with van der Waals surface area (Å²) in [6.07, 6.45) is 5.24. The van der Waals surface area contributed by atoms with Crippen molar-refractivity contribution in [3.63, 3.8) is 0 Å². The molecule has 4 rings (SSSR count). The minimum Gasteiger partial charge on any atom is -0.318 e. The molecule has 0 radical (unpaired) electrons. The van der Waals surface area contributed by atoms with E-state index in [2.05, 4.69) is 43.1 Å². The van der Waals surface area contributed by atoms with Gasteiger partial charge in [0.25, 0.3) is 5.91 Å². The first-order valence-corrected chi connectivity index (χ1v) is 14.6. The monoisotopic (exact) mass is 543 g/mol. The second-order valence-electron chi connectivity index (χ2n) is 9.69. The van der Waals surface area contributed by atoms with Crippen molar-refractivity contribution in [2.45, 2.75) is 45.1 Å². The van der Waals surface area contributed by atoms with Crippen molar-refractivity contribution in [2.24, 2.45) is 0 Å². The van der Waals surface area contributed by atoms with Gasteiger partial charge in [-0.05, 0) is 69.2 Å². The summed E-state index contributed by atoms with van der Waals surface area (Å²) in [5.74, 6) is -0.00956. The summed E-state index contributed by atoms with van der Waals surface area (Å²) in [6, 6.07) is 23.4. The highest BCUT2D eigenvalue weighted by Gasteiger charge is 2.29. The number of thioether (sulfide) groups is 1. The van der Waals surface area contributed by atoms with E-state index in [1.165, 1.54) is 49.8 Å². The quantitative estimate of drug-likeness (QED) is 0.213. The fraction of sp³-hybridized carbons (Fsp3) is 0.333. The van der Waals surface area contributed by atoms with Gasteiger partial charge >= 0.3 is 0 Å². The number of rotatable bonds is 11. The zero-order valence-corrected chi connectivity index (χ0v) is 24.5. The summed E-state index contributed by atoms with van der Waals surface area (Å²) in [4.78, 5) is 30.2. The maximum atomic E-state index is 13.3. The number of para-hydroxylation sites is 1. The van der Waals surface area contributed by atoms with Gasteiger partial charge in [-0.2, -0.15) is 0 Å². The second kappa shape index (κ2) is 16.0. The molecule has 206 valence electrons. The molecule has 5 nitrogen and oxygen atoms in total. The first kappa shape index (κ1) is 30.4. The topological polar surface area (TPSA) is 52.6 Å². The first-order valence-electron chi connectivity index (χ1n) is 13.8. The van der Waals surface area contributed by atoms with Crippen LogP contribution in [0.2, 0.25) is 0 Å². The fourth-order valence-corrected chi connectivity index (χ4v) is 5.53. The Kier molecular flexibility index (Phi) is 12.5. The molecule has 1 aliphatic heterocycles. The van der Waals surface area contributed by atoms with Crippen LogP contribution in [0.1, 0.15) is 53.7 Å². The number of carbonyl (C=O) groups excluding carboxylic acids is 2. The third kappa shape index (κ3) is 9.20. The largest absolute Gasteiger partial charge is 0.318 e. The average Bonchev–Trinajstić information content (AvgIpc) is 2.95. The number of hydrogen-bond donors (Lipinski definition) is 1. The molecule has 3 aromatic rings. The van der Waals surface area contributed by atoms with Crippen molar-refractivity contribution in [3.05, 3.63) is 100.0 Å². The van der Waals surface area contributed by atoms with Crippen molar-refractivity contribution >= 4 is 35.7 Å². The average molecular weight is 544 g/mol. The number of carbonyl (C=O) groups is 2. The molecular weight excluding hydrogens is 502 g/mol. The number of fused-ring (bicyclic) bond motifs is 1. The predicted octanol–water partition coefficient (Wildman–Crippen LogP) is 6.82. The van der Waals surface area contributed by atoms with Gasteiger partial charge in [-0.25, -0.2) is 0 Å². The molecule has 0 unspecified atom stereocenters. The lowest BCUT2D eigenvalue weighted by Gasteiger charge is -2.30. The molecule has 0 aromatic heterocycles. The van der Waals surface area contributed by atoms with Crippen LogP contribution in [0, 0.1) is 6.92 Å². The molecule has 0 bridgehead atoms. The first-order chi connectivity index (χ1) is 19.0. The third-order valence-corrected chi connectivity index (χ3v) is 7.46. The maximum absolute atomic E-state index is 13.3. The van der Waals surface area contributed by atoms with E-state index in [9.17, 15) is 9.59 Å². The Bertz CT molecular complexity index is 1230. The van der Waals surface area contributed by atoms with E-state index in [4.69, 9.17) is 0 Å². The molecule has 0 saturated heterocycles. The molecule has 0 fully saturated rings. The van der Waals surface area contributed by atoms with Gasteiger partial charge in [0.15, 0.2) is 0 Å². The third-order valence-electron chi connectivity index (χ3n) is 6.38. The molecule has 0 spiro atoms. The summed E-state index contributed by atoms with van der Waals surface area (Å²) in [5.41, 5.74) is 4.74. The van der Waals surface area contributed by atoms with E-state index in [0.29, 0.717) is 17.0 Å². The molecule has 0 atom stereocenters. The van der Waals surface area contributed by atoms with E-state index in [1.807, 2.05) is 66.6 Å². The molecule has 1 amide bonds. The number of hydrogen-bond acceptors (Lipinski definition) is 5. The van der Waals surface area contributed by atoms with Gasteiger partial charge < -0.3 is 15.1 Å². The van der Waals surface area contributed by atoms with Crippen molar-refractivity contribution in [1.29, 1.82) is 0 Å². The van der Waals surface area contributed by atoms with Crippen LogP contribution in [0.3, 0.4) is 0 Å². The Labute approximate surface area is 238 Å². The van der Waals surface area contributed by atoms with Crippen LogP contribution >= 0.6 is 11.8 Å². The molecule has 3 aromatic carbocycles. The lowest BCUT2D eigenvalue weighted by atomic mass is 10.1. The van der Waals surface area contributed by atoms with E-state index in [1.54, 1.807) is 12.1 Å². The summed E-state index contributed by atoms with van der Waals surface area (Å²) in [7, 11) is 2.01. The smallest absolute Gasteiger partial charge is 0.265 e. The Morgan fingerprint density at radius 2 is 1.59 bits per heavy atom. The van der Waals surface area contributed by atoms with Crippen molar-refractivity contribution < 1.29 is 9.59 Å². The van der Waals surface area contributed by atoms with E-state index in [0.717, 1.165) is 34.5 Å². The zero-order valence-electron chi connectivity index (χ0n) is 23.7. The number of nitrogens with one attached hydrogen (secondary N) is 1. The van der Waals surface area contributed by atoms with Gasteiger partial charge in [0.05, 0.1) is 17.1 Å². The van der Waals surface area contributed by atoms with E-state index >= 15 is 0 Å². The van der Waals surface area contributed by atoms with E-state index in [-0.39, 0.29) is 5.91 Å². The van der Waals surface area contributed by atoms with Gasteiger partial charge in [0, 0.05) is 23.5 Å². The highest BCUT2D eigenvalue weighted by Crippen LogP contribution is 2.42. The van der Waals surface area contributed by atoms with Crippen LogP contribution in [-0.4, -0.2) is 50.3 Å². The fourth-order valence-electron chi connectivity index (χ4n) is 4.47. The number of anilines is 1. The van der Waals surface area contributed by atoms with Crippen LogP contribution in [0.4, 0.5) is 5.69 Å². The molecule has 0 saturated carbocycles. The number of likely N-dealkylation sites (N-methyl/N-ethyl adjacent to an activating group) is 1. The number of aryl methyl sites for hydroxylation is 1. The normalized spacial score (nSPS) is 13.7.